The molecular formula is C17H15N5OS. The summed E-state index contributed by atoms with van der Waals surface area (Å²) >= 11 is 1.72. The van der Waals surface area contributed by atoms with Gasteiger partial charge in [0, 0.05) is 17.6 Å². The quantitative estimate of drug-likeness (QED) is 0.597. The predicted octanol–water partition coefficient (Wildman–Crippen LogP) is 2.59. The molecule has 0 spiro atoms. The molecule has 0 amide bonds. The van der Waals surface area contributed by atoms with E-state index in [4.69, 9.17) is 5.73 Å². The fourth-order valence-corrected chi connectivity index (χ4v) is 3.63. The molecule has 0 aliphatic carbocycles. The first-order chi connectivity index (χ1) is 11.7. The zero-order valence-electron chi connectivity index (χ0n) is 12.8. The lowest BCUT2D eigenvalue weighted by atomic mass is 10.1. The normalized spacial score (nSPS) is 11.3. The monoisotopic (exact) mass is 337 g/mol. The predicted molar refractivity (Wildman–Crippen MR) is 97.0 cm³/mol. The number of aromatic nitrogens is 4. The summed E-state index contributed by atoms with van der Waals surface area (Å²) in [5.74, 6) is 1.98. The van der Waals surface area contributed by atoms with Crippen molar-refractivity contribution in [2.45, 2.75) is 11.5 Å². The summed E-state index contributed by atoms with van der Waals surface area (Å²) in [5.41, 5.74) is 7.35. The zero-order valence-corrected chi connectivity index (χ0v) is 13.6. The minimum atomic E-state index is -0.204. The van der Waals surface area contributed by atoms with E-state index in [0.29, 0.717) is 17.2 Å². The summed E-state index contributed by atoms with van der Waals surface area (Å²) in [6.45, 7) is 0. The standard InChI is InChI=1S/C17H15N5OS/c18-16-20-17-19-13(8-15(23)22(17)21-16)10-24-9-12-6-3-5-11-4-1-2-7-14(11)12/h1-8H,9-10H2,(H3,18,19,20,21). The van der Waals surface area contributed by atoms with Crippen LogP contribution in [-0.4, -0.2) is 19.6 Å². The third kappa shape index (κ3) is 2.74. The number of nitrogens with zero attached hydrogens (tertiary/aromatic N) is 3. The number of fused-ring (bicyclic) bond motifs is 2. The van der Waals surface area contributed by atoms with Gasteiger partial charge in [-0.15, -0.1) is 0 Å². The lowest BCUT2D eigenvalue weighted by Crippen LogP contribution is -2.15. The van der Waals surface area contributed by atoms with E-state index in [-0.39, 0.29) is 11.5 Å². The summed E-state index contributed by atoms with van der Waals surface area (Å²) in [6.07, 6.45) is 0. The molecule has 24 heavy (non-hydrogen) atoms. The Morgan fingerprint density at radius 1 is 1.08 bits per heavy atom. The lowest BCUT2D eigenvalue weighted by Gasteiger charge is -2.06. The second-order valence-electron chi connectivity index (χ2n) is 5.46. The number of H-pyrrole nitrogens is 1. The molecule has 4 aromatic rings. The third-order valence-electron chi connectivity index (χ3n) is 3.79. The molecule has 6 nitrogen and oxygen atoms in total. The van der Waals surface area contributed by atoms with Crippen molar-refractivity contribution in [3.63, 3.8) is 0 Å². The van der Waals surface area contributed by atoms with E-state index >= 15 is 0 Å². The van der Waals surface area contributed by atoms with E-state index in [2.05, 4.69) is 51.5 Å². The van der Waals surface area contributed by atoms with E-state index in [1.807, 2.05) is 6.07 Å². The molecular weight excluding hydrogens is 322 g/mol. The van der Waals surface area contributed by atoms with Crippen LogP contribution in [0.25, 0.3) is 16.6 Å². The van der Waals surface area contributed by atoms with E-state index in [9.17, 15) is 4.79 Å². The van der Waals surface area contributed by atoms with Crippen LogP contribution in [0.2, 0.25) is 0 Å². The van der Waals surface area contributed by atoms with Crippen LogP contribution in [0.1, 0.15) is 11.3 Å². The van der Waals surface area contributed by atoms with Gasteiger partial charge in [0.15, 0.2) is 0 Å². The van der Waals surface area contributed by atoms with Crippen LogP contribution < -0.4 is 11.3 Å². The fourth-order valence-electron chi connectivity index (χ4n) is 2.70. The highest BCUT2D eigenvalue weighted by Gasteiger charge is 2.07. The molecule has 4 rings (SSSR count). The Labute approximate surface area is 141 Å². The van der Waals surface area contributed by atoms with Gasteiger partial charge in [-0.1, -0.05) is 42.5 Å². The van der Waals surface area contributed by atoms with Crippen LogP contribution in [0.15, 0.2) is 53.3 Å². The summed E-state index contributed by atoms with van der Waals surface area (Å²) in [5, 5.41) is 5.15. The number of nitrogen functional groups attached to an aromatic ring is 1. The average molecular weight is 337 g/mol. The Hall–Kier alpha value is -2.80. The number of nitrogens with one attached hydrogen (secondary N) is 1. The molecule has 120 valence electrons. The topological polar surface area (TPSA) is 89.1 Å². The fraction of sp³-hybridized carbons (Fsp3) is 0.118. The molecule has 0 atom stereocenters. The van der Waals surface area contributed by atoms with Crippen LogP contribution in [0, 0.1) is 0 Å². The molecule has 2 aromatic heterocycles. The van der Waals surface area contributed by atoms with Crippen molar-refractivity contribution >= 4 is 34.3 Å². The van der Waals surface area contributed by atoms with E-state index in [0.717, 1.165) is 5.75 Å². The first kappa shape index (κ1) is 14.8. The zero-order chi connectivity index (χ0) is 16.5. The Morgan fingerprint density at radius 3 is 2.83 bits per heavy atom. The van der Waals surface area contributed by atoms with Gasteiger partial charge in [0.05, 0.1) is 5.69 Å². The number of benzene rings is 2. The minimum Gasteiger partial charge on any atom is -0.368 e. The van der Waals surface area contributed by atoms with Crippen molar-refractivity contribution in [1.29, 1.82) is 0 Å². The minimum absolute atomic E-state index is 0.181. The van der Waals surface area contributed by atoms with Crippen LogP contribution in [0.4, 0.5) is 5.95 Å². The second kappa shape index (κ2) is 6.01. The van der Waals surface area contributed by atoms with Gasteiger partial charge in [0.25, 0.3) is 11.3 Å². The number of hydrogen-bond acceptors (Lipinski definition) is 5. The van der Waals surface area contributed by atoms with Crippen molar-refractivity contribution in [2.24, 2.45) is 0 Å². The molecule has 2 aromatic carbocycles. The van der Waals surface area contributed by atoms with Gasteiger partial charge in [0.2, 0.25) is 5.95 Å². The molecule has 0 aliphatic rings. The molecule has 3 N–H and O–H groups in total. The molecule has 0 fully saturated rings. The molecule has 0 aliphatic heterocycles. The van der Waals surface area contributed by atoms with Crippen LogP contribution in [0.3, 0.4) is 0 Å². The van der Waals surface area contributed by atoms with Crippen molar-refractivity contribution < 1.29 is 0 Å². The van der Waals surface area contributed by atoms with E-state index in [1.54, 1.807) is 11.8 Å². The van der Waals surface area contributed by atoms with E-state index in [1.165, 1.54) is 26.9 Å². The lowest BCUT2D eigenvalue weighted by molar-refractivity contribution is 0.891. The number of thioether (sulfide) groups is 1. The molecule has 2 heterocycles. The Morgan fingerprint density at radius 2 is 1.92 bits per heavy atom. The Bertz CT molecular complexity index is 1080. The number of anilines is 1. The van der Waals surface area contributed by atoms with Crippen molar-refractivity contribution in [3.8, 4) is 0 Å². The van der Waals surface area contributed by atoms with Gasteiger partial charge >= 0.3 is 0 Å². The summed E-state index contributed by atoms with van der Waals surface area (Å²) in [7, 11) is 0. The maximum Gasteiger partial charge on any atom is 0.274 e. The number of rotatable bonds is 4. The Kier molecular flexibility index (Phi) is 3.70. The van der Waals surface area contributed by atoms with Crippen molar-refractivity contribution in [1.82, 2.24) is 19.6 Å². The molecule has 0 unspecified atom stereocenters. The summed E-state index contributed by atoms with van der Waals surface area (Å²) in [6, 6.07) is 16.2. The Balaban J connectivity index is 1.54. The highest BCUT2D eigenvalue weighted by Crippen LogP contribution is 2.24. The van der Waals surface area contributed by atoms with Gasteiger partial charge < -0.3 is 5.73 Å². The largest absolute Gasteiger partial charge is 0.368 e. The van der Waals surface area contributed by atoms with Crippen molar-refractivity contribution in [2.75, 3.05) is 5.73 Å². The molecule has 7 heteroatoms. The maximum absolute atomic E-state index is 12.0. The van der Waals surface area contributed by atoms with Crippen molar-refractivity contribution in [3.05, 3.63) is 70.1 Å². The molecule has 0 radical (unpaired) electrons. The highest BCUT2D eigenvalue weighted by atomic mass is 32.2. The van der Waals surface area contributed by atoms with Gasteiger partial charge in [-0.2, -0.15) is 21.3 Å². The smallest absolute Gasteiger partial charge is 0.274 e. The third-order valence-corrected chi connectivity index (χ3v) is 4.80. The van der Waals surface area contributed by atoms with Crippen LogP contribution >= 0.6 is 11.8 Å². The van der Waals surface area contributed by atoms with Crippen LogP contribution in [-0.2, 0) is 11.5 Å². The number of aromatic amines is 1. The molecule has 0 saturated carbocycles. The second-order valence-corrected chi connectivity index (χ2v) is 6.45. The van der Waals surface area contributed by atoms with Crippen LogP contribution in [0.5, 0.6) is 0 Å². The SMILES string of the molecule is Nc1nc2nc(CSCc3cccc4ccccc34)cc(=O)n2[nH]1. The number of nitrogens with two attached hydrogens (primary N) is 1. The highest BCUT2D eigenvalue weighted by molar-refractivity contribution is 7.97. The first-order valence-electron chi connectivity index (χ1n) is 7.49. The van der Waals surface area contributed by atoms with Gasteiger partial charge in [0.1, 0.15) is 0 Å². The van der Waals surface area contributed by atoms with Gasteiger partial charge in [-0.05, 0) is 16.3 Å². The number of hydrogen-bond donors (Lipinski definition) is 2. The summed E-state index contributed by atoms with van der Waals surface area (Å²) < 4.78 is 1.24. The van der Waals surface area contributed by atoms with E-state index < -0.39 is 0 Å². The van der Waals surface area contributed by atoms with Gasteiger partial charge in [-0.3, -0.25) is 9.89 Å². The first-order valence-corrected chi connectivity index (χ1v) is 8.65. The maximum atomic E-state index is 12.0. The molecule has 0 bridgehead atoms. The van der Waals surface area contributed by atoms with Gasteiger partial charge in [-0.25, -0.2) is 4.98 Å². The average Bonchev–Trinajstić information content (AvgIpc) is 2.96. The molecule has 0 saturated heterocycles. The summed E-state index contributed by atoms with van der Waals surface area (Å²) in [4.78, 5) is 20.4.